The molecule has 0 fully saturated rings. The van der Waals surface area contributed by atoms with Gasteiger partial charge in [0.1, 0.15) is 6.61 Å². The topological polar surface area (TPSA) is 21.7 Å². The van der Waals surface area contributed by atoms with E-state index in [0.29, 0.717) is 6.61 Å². The fourth-order valence-corrected chi connectivity index (χ4v) is 1.87. The molecule has 0 heterocycles. The molecule has 2 aromatic rings. The first-order valence-electron chi connectivity index (χ1n) is 6.82. The van der Waals surface area contributed by atoms with Crippen LogP contribution in [-0.4, -0.2) is 32.1 Å². The van der Waals surface area contributed by atoms with E-state index in [1.54, 1.807) is 0 Å². The van der Waals surface area contributed by atoms with Gasteiger partial charge in [0.05, 0.1) is 0 Å². The first-order valence-corrected chi connectivity index (χ1v) is 6.82. The van der Waals surface area contributed by atoms with Gasteiger partial charge in [0.15, 0.2) is 5.75 Å². The summed E-state index contributed by atoms with van der Waals surface area (Å²) in [5, 5.41) is 0. The summed E-state index contributed by atoms with van der Waals surface area (Å²) in [4.78, 5) is 12.8. The fraction of sp³-hybridized carbons (Fsp3) is 0.294. The molecule has 0 aromatic heterocycles. The van der Waals surface area contributed by atoms with Crippen LogP contribution < -0.4 is 4.89 Å². The second-order valence-electron chi connectivity index (χ2n) is 4.98. The molecule has 0 aliphatic rings. The average Bonchev–Trinajstić information content (AvgIpc) is 2.46. The van der Waals surface area contributed by atoms with Crippen molar-refractivity contribution in [2.45, 2.75) is 6.42 Å². The third kappa shape index (κ3) is 6.17. The van der Waals surface area contributed by atoms with Gasteiger partial charge >= 0.3 is 0 Å². The van der Waals surface area contributed by atoms with Crippen LogP contribution in [0.5, 0.6) is 5.75 Å². The molecule has 0 radical (unpaired) electrons. The Hall–Kier alpha value is -1.55. The van der Waals surface area contributed by atoms with Crippen LogP contribution >= 0.6 is 12.4 Å². The number of para-hydroxylation sites is 1. The van der Waals surface area contributed by atoms with Crippen molar-refractivity contribution in [3.63, 3.8) is 0 Å². The second-order valence-corrected chi connectivity index (χ2v) is 4.98. The molecule has 3 nitrogen and oxygen atoms in total. The van der Waals surface area contributed by atoms with Crippen LogP contribution in [0.15, 0.2) is 54.6 Å². The minimum Gasteiger partial charge on any atom is -0.337 e. The first-order chi connectivity index (χ1) is 9.75. The summed E-state index contributed by atoms with van der Waals surface area (Å²) in [5.74, 6) is 0.787. The van der Waals surface area contributed by atoms with Gasteiger partial charge in [0.25, 0.3) is 0 Å². The van der Waals surface area contributed by atoms with Gasteiger partial charge in [0.2, 0.25) is 0 Å². The maximum absolute atomic E-state index is 5.43. The number of nitrogens with zero attached hydrogens (tertiary/aromatic N) is 1. The Balaban J connectivity index is 0.00000220. The van der Waals surface area contributed by atoms with E-state index in [2.05, 4.69) is 23.1 Å². The highest BCUT2D eigenvalue weighted by Gasteiger charge is 2.05. The molecular weight excluding hydrogens is 286 g/mol. The molecule has 0 spiro atoms. The van der Waals surface area contributed by atoms with Crippen molar-refractivity contribution in [3.8, 4) is 5.75 Å². The quantitative estimate of drug-likeness (QED) is 0.443. The van der Waals surface area contributed by atoms with Gasteiger partial charge in [-0.3, -0.25) is 0 Å². The van der Waals surface area contributed by atoms with Gasteiger partial charge in [-0.15, -0.1) is 12.4 Å². The van der Waals surface area contributed by atoms with Crippen molar-refractivity contribution in [3.05, 3.63) is 65.7 Å². The summed E-state index contributed by atoms with van der Waals surface area (Å²) in [6.07, 6.45) is 0.841. The van der Waals surface area contributed by atoms with Crippen molar-refractivity contribution in [1.82, 2.24) is 4.90 Å². The number of hydrogen-bond donors (Lipinski definition) is 0. The van der Waals surface area contributed by atoms with E-state index in [1.165, 1.54) is 5.56 Å². The zero-order valence-electron chi connectivity index (χ0n) is 12.5. The maximum Gasteiger partial charge on any atom is 0.168 e. The second kappa shape index (κ2) is 9.40. The Kier molecular flexibility index (Phi) is 7.83. The lowest BCUT2D eigenvalue weighted by Crippen LogP contribution is -2.19. The number of hydrogen-bond acceptors (Lipinski definition) is 3. The minimum absolute atomic E-state index is 0. The Bertz CT molecular complexity index is 517. The monoisotopic (exact) mass is 307 g/mol. The van der Waals surface area contributed by atoms with Crippen molar-refractivity contribution < 1.29 is 9.78 Å². The molecule has 0 N–H and O–H groups in total. The lowest BCUT2D eigenvalue weighted by Gasteiger charge is -2.12. The predicted molar refractivity (Wildman–Crippen MR) is 88.1 cm³/mol. The molecule has 0 bridgehead atoms. The smallest absolute Gasteiger partial charge is 0.168 e. The Morgan fingerprint density at radius 2 is 1.57 bits per heavy atom. The SMILES string of the molecule is CN(C)CCOOc1ccccc1Cc1ccccc1.Cl. The van der Waals surface area contributed by atoms with Gasteiger partial charge in [0, 0.05) is 18.5 Å². The molecule has 0 atom stereocenters. The predicted octanol–water partition coefficient (Wildman–Crippen LogP) is 3.57. The standard InChI is InChI=1S/C17H21NO2.ClH/c1-18(2)12-13-19-20-17-11-7-6-10-16(17)14-15-8-4-3-5-9-15;/h3-11H,12-14H2,1-2H3;1H. The third-order valence-electron chi connectivity index (χ3n) is 2.98. The zero-order chi connectivity index (χ0) is 14.2. The van der Waals surface area contributed by atoms with Crippen LogP contribution in [0.1, 0.15) is 11.1 Å². The van der Waals surface area contributed by atoms with Crippen LogP contribution in [-0.2, 0) is 11.3 Å². The number of halogens is 1. The number of rotatable bonds is 7. The molecule has 0 saturated heterocycles. The Morgan fingerprint density at radius 1 is 0.905 bits per heavy atom. The van der Waals surface area contributed by atoms with Crippen LogP contribution in [0.4, 0.5) is 0 Å². The molecule has 114 valence electrons. The van der Waals surface area contributed by atoms with Gasteiger partial charge in [-0.05, 0) is 25.7 Å². The van der Waals surface area contributed by atoms with Gasteiger partial charge < -0.3 is 9.79 Å². The Morgan fingerprint density at radius 3 is 2.29 bits per heavy atom. The summed E-state index contributed by atoms with van der Waals surface area (Å²) in [6, 6.07) is 18.3. The van der Waals surface area contributed by atoms with E-state index in [1.807, 2.05) is 50.5 Å². The summed E-state index contributed by atoms with van der Waals surface area (Å²) < 4.78 is 0. The highest BCUT2D eigenvalue weighted by molar-refractivity contribution is 5.85. The largest absolute Gasteiger partial charge is 0.337 e. The number of benzene rings is 2. The van der Waals surface area contributed by atoms with Crippen molar-refractivity contribution >= 4 is 12.4 Å². The molecule has 0 unspecified atom stereocenters. The first kappa shape index (κ1) is 17.5. The third-order valence-corrected chi connectivity index (χ3v) is 2.98. The van der Waals surface area contributed by atoms with E-state index in [4.69, 9.17) is 9.78 Å². The molecule has 2 rings (SSSR count). The van der Waals surface area contributed by atoms with E-state index >= 15 is 0 Å². The van der Waals surface area contributed by atoms with Crippen LogP contribution in [0, 0.1) is 0 Å². The summed E-state index contributed by atoms with van der Waals surface area (Å²) in [6.45, 7) is 1.38. The maximum atomic E-state index is 5.43. The van der Waals surface area contributed by atoms with Crippen LogP contribution in [0.2, 0.25) is 0 Å². The molecule has 0 aliphatic heterocycles. The van der Waals surface area contributed by atoms with E-state index in [-0.39, 0.29) is 12.4 Å². The lowest BCUT2D eigenvalue weighted by molar-refractivity contribution is -0.208. The lowest BCUT2D eigenvalue weighted by atomic mass is 10.0. The molecule has 0 aliphatic carbocycles. The number of likely N-dealkylation sites (N-methyl/N-ethyl adjacent to an activating group) is 1. The summed E-state index contributed by atoms with van der Waals surface area (Å²) in [7, 11) is 4.01. The highest BCUT2D eigenvalue weighted by Crippen LogP contribution is 2.21. The van der Waals surface area contributed by atoms with E-state index in [9.17, 15) is 0 Å². The van der Waals surface area contributed by atoms with E-state index < -0.39 is 0 Å². The zero-order valence-corrected chi connectivity index (χ0v) is 13.3. The van der Waals surface area contributed by atoms with Crippen LogP contribution in [0.25, 0.3) is 0 Å². The van der Waals surface area contributed by atoms with Gasteiger partial charge in [-0.2, -0.15) is 4.89 Å². The average molecular weight is 308 g/mol. The van der Waals surface area contributed by atoms with Gasteiger partial charge in [-0.25, -0.2) is 0 Å². The molecular formula is C17H22ClNO2. The molecule has 21 heavy (non-hydrogen) atoms. The molecule has 2 aromatic carbocycles. The van der Waals surface area contributed by atoms with Crippen LogP contribution in [0.3, 0.4) is 0 Å². The molecule has 0 saturated carbocycles. The molecule has 0 amide bonds. The normalized spacial score (nSPS) is 10.2. The minimum atomic E-state index is 0. The van der Waals surface area contributed by atoms with Crippen molar-refractivity contribution in [2.75, 3.05) is 27.2 Å². The fourth-order valence-electron chi connectivity index (χ4n) is 1.87. The van der Waals surface area contributed by atoms with Gasteiger partial charge in [-0.1, -0.05) is 48.5 Å². The molecule has 4 heteroatoms. The summed E-state index contributed by atoms with van der Waals surface area (Å²) in [5.41, 5.74) is 2.39. The summed E-state index contributed by atoms with van der Waals surface area (Å²) >= 11 is 0. The van der Waals surface area contributed by atoms with Crippen molar-refractivity contribution in [2.24, 2.45) is 0 Å². The highest BCUT2D eigenvalue weighted by atomic mass is 35.5. The Labute approximate surface area is 132 Å². The van der Waals surface area contributed by atoms with Crippen molar-refractivity contribution in [1.29, 1.82) is 0 Å². The van der Waals surface area contributed by atoms with E-state index in [0.717, 1.165) is 24.3 Å².